The first kappa shape index (κ1) is 34.6. The van der Waals surface area contributed by atoms with E-state index in [4.69, 9.17) is 9.97 Å². The van der Waals surface area contributed by atoms with E-state index in [1.165, 1.54) is 76.1 Å². The second kappa shape index (κ2) is 13.6. The second-order valence-corrected chi connectivity index (χ2v) is 16.4. The summed E-state index contributed by atoms with van der Waals surface area (Å²) in [6.07, 6.45) is 10.1. The Kier molecular flexibility index (Phi) is 7.81. The average Bonchev–Trinajstić information content (AvgIpc) is 3.81. The lowest BCUT2D eigenvalue weighted by Gasteiger charge is -2.19. The minimum Gasteiger partial charge on any atom is -0.309 e. The first-order valence-corrected chi connectivity index (χ1v) is 21.1. The highest BCUT2D eigenvalue weighted by Gasteiger charge is 2.23. The highest BCUT2D eigenvalue weighted by Crippen LogP contribution is 2.48. The van der Waals surface area contributed by atoms with E-state index >= 15 is 0 Å². The van der Waals surface area contributed by atoms with Crippen molar-refractivity contribution in [1.29, 1.82) is 0 Å². The Labute approximate surface area is 351 Å². The van der Waals surface area contributed by atoms with Gasteiger partial charge in [0.25, 0.3) is 0 Å². The number of hydrogen-bond donors (Lipinski definition) is 0. The molecule has 0 atom stereocenters. The Morgan fingerprint density at radius 1 is 0.583 bits per heavy atom. The zero-order chi connectivity index (χ0) is 39.9. The summed E-state index contributed by atoms with van der Waals surface area (Å²) in [6.45, 7) is 6.06. The van der Waals surface area contributed by atoms with Gasteiger partial charge in [-0.2, -0.15) is 0 Å². The summed E-state index contributed by atoms with van der Waals surface area (Å²) in [5, 5.41) is 9.35. The monoisotopic (exact) mass is 784 g/mol. The maximum absolute atomic E-state index is 5.20. The van der Waals surface area contributed by atoms with Crippen molar-refractivity contribution >= 4 is 82.7 Å². The van der Waals surface area contributed by atoms with E-state index in [1.54, 1.807) is 11.8 Å². The van der Waals surface area contributed by atoms with Gasteiger partial charge in [-0.05, 0) is 126 Å². The highest BCUT2D eigenvalue weighted by atomic mass is 32.2. The van der Waals surface area contributed by atoms with Crippen molar-refractivity contribution in [2.75, 3.05) is 0 Å². The molecule has 1 aliphatic rings. The standard InChI is InChI=1S/C55H36N4S/c1-3-12-38(13-4-2)58-48-18-10-8-16-40(48)44-31-35(21-25-49(44)58)37-23-27-51-46(33-37)45-32-36(22-26-50(45)59(51)39-14-6-5-7-15-39)34-20-24-47-43(30-34)41-28-29-56-54-42-17-9-11-19-52(42)60-55(57-47)53(41)54/h3-33H,1H2,2H3/b13-4-,38-12+. The lowest BCUT2D eigenvalue weighted by Crippen LogP contribution is -1.98. The van der Waals surface area contributed by atoms with Crippen LogP contribution < -0.4 is 0 Å². The van der Waals surface area contributed by atoms with Crippen LogP contribution in [0.5, 0.6) is 0 Å². The van der Waals surface area contributed by atoms with Crippen molar-refractivity contribution in [3.05, 3.63) is 195 Å². The van der Waals surface area contributed by atoms with Gasteiger partial charge in [0.2, 0.25) is 0 Å². The molecule has 0 amide bonds. The summed E-state index contributed by atoms with van der Waals surface area (Å²) in [4.78, 5) is 11.3. The Morgan fingerprint density at radius 2 is 1.20 bits per heavy atom. The molecule has 0 bridgehead atoms. The van der Waals surface area contributed by atoms with Gasteiger partial charge < -0.3 is 9.13 Å². The molecule has 0 radical (unpaired) electrons. The van der Waals surface area contributed by atoms with Crippen LogP contribution in [-0.4, -0.2) is 19.1 Å². The Hall–Kier alpha value is -7.47. The summed E-state index contributed by atoms with van der Waals surface area (Å²) in [5.74, 6) is 0. The topological polar surface area (TPSA) is 35.6 Å². The number of nitrogens with zero attached hydrogens (tertiary/aromatic N) is 4. The van der Waals surface area contributed by atoms with Crippen molar-refractivity contribution in [3.63, 3.8) is 0 Å². The van der Waals surface area contributed by atoms with Crippen molar-refractivity contribution < 1.29 is 0 Å². The SMILES string of the molecule is C=C/C=C(\C=C/C)n1c2ccccc2c2cc(-c3ccc4c(c3)c3cc(-c5ccc6nc7c8c(nccc8c6c5)-c5ccccc5S7)ccc3n4-c3ccccc3)ccc21. The molecule has 4 aromatic heterocycles. The molecular formula is C55H36N4S. The quantitative estimate of drug-likeness (QED) is 0.124. The molecule has 60 heavy (non-hydrogen) atoms. The number of para-hydroxylation sites is 2. The smallest absolute Gasteiger partial charge is 0.112 e. The van der Waals surface area contributed by atoms with Gasteiger partial charge in [0, 0.05) is 60.4 Å². The normalized spacial score (nSPS) is 12.8. The van der Waals surface area contributed by atoms with E-state index < -0.39 is 0 Å². The summed E-state index contributed by atoms with van der Waals surface area (Å²) >= 11 is 1.74. The first-order chi connectivity index (χ1) is 29.7. The third kappa shape index (κ3) is 5.19. The molecule has 7 aromatic carbocycles. The minimum atomic E-state index is 0.992. The summed E-state index contributed by atoms with van der Waals surface area (Å²) in [5.41, 5.74) is 14.8. The molecule has 12 rings (SSSR count). The van der Waals surface area contributed by atoms with Crippen LogP contribution in [0.4, 0.5) is 0 Å². The number of hydrogen-bond acceptors (Lipinski definition) is 3. The number of allylic oxidation sites excluding steroid dienone is 5. The van der Waals surface area contributed by atoms with E-state index in [1.807, 2.05) is 12.3 Å². The van der Waals surface area contributed by atoms with Crippen LogP contribution in [0.1, 0.15) is 6.92 Å². The van der Waals surface area contributed by atoms with Gasteiger partial charge in [-0.25, -0.2) is 4.98 Å². The zero-order valence-electron chi connectivity index (χ0n) is 32.8. The molecule has 0 aliphatic carbocycles. The van der Waals surface area contributed by atoms with E-state index in [0.29, 0.717) is 0 Å². The van der Waals surface area contributed by atoms with Gasteiger partial charge in [-0.15, -0.1) is 0 Å². The van der Waals surface area contributed by atoms with Crippen LogP contribution in [0, 0.1) is 0 Å². The summed E-state index contributed by atoms with van der Waals surface area (Å²) in [6, 6.07) is 57.5. The molecule has 0 fully saturated rings. The molecular weight excluding hydrogens is 749 g/mol. The second-order valence-electron chi connectivity index (χ2n) is 15.4. The number of aromatic nitrogens is 4. The third-order valence-electron chi connectivity index (χ3n) is 12.0. The van der Waals surface area contributed by atoms with Crippen LogP contribution in [0.2, 0.25) is 0 Å². The van der Waals surface area contributed by atoms with Gasteiger partial charge in [0.05, 0.1) is 33.3 Å². The lowest BCUT2D eigenvalue weighted by atomic mass is 9.97. The van der Waals surface area contributed by atoms with Gasteiger partial charge in [-0.1, -0.05) is 109 Å². The molecule has 0 saturated heterocycles. The molecule has 1 aliphatic heterocycles. The number of rotatable bonds is 6. The number of benzene rings is 7. The van der Waals surface area contributed by atoms with Gasteiger partial charge in [0.15, 0.2) is 0 Å². The molecule has 0 spiro atoms. The van der Waals surface area contributed by atoms with Crippen LogP contribution in [0.15, 0.2) is 205 Å². The van der Waals surface area contributed by atoms with Crippen LogP contribution in [0.3, 0.4) is 0 Å². The largest absolute Gasteiger partial charge is 0.309 e. The number of fused-ring (bicyclic) bond motifs is 10. The summed E-state index contributed by atoms with van der Waals surface area (Å²) in [7, 11) is 0. The fourth-order valence-corrected chi connectivity index (χ4v) is 10.5. The predicted octanol–water partition coefficient (Wildman–Crippen LogP) is 15.1. The summed E-state index contributed by atoms with van der Waals surface area (Å²) < 4.78 is 4.73. The minimum absolute atomic E-state index is 0.992. The first-order valence-electron chi connectivity index (χ1n) is 20.3. The molecule has 4 nitrogen and oxygen atoms in total. The molecule has 11 aromatic rings. The third-order valence-corrected chi connectivity index (χ3v) is 13.1. The fourth-order valence-electron chi connectivity index (χ4n) is 9.39. The van der Waals surface area contributed by atoms with Crippen molar-refractivity contribution in [1.82, 2.24) is 19.1 Å². The Bertz CT molecular complexity index is 3660. The van der Waals surface area contributed by atoms with Crippen LogP contribution in [-0.2, 0) is 0 Å². The van der Waals surface area contributed by atoms with Crippen molar-refractivity contribution in [2.45, 2.75) is 16.8 Å². The lowest BCUT2D eigenvalue weighted by molar-refractivity contribution is 1.18. The maximum Gasteiger partial charge on any atom is 0.112 e. The van der Waals surface area contributed by atoms with E-state index in [-0.39, 0.29) is 0 Å². The van der Waals surface area contributed by atoms with Crippen LogP contribution >= 0.6 is 11.8 Å². The molecule has 5 heteroatoms. The van der Waals surface area contributed by atoms with Crippen molar-refractivity contribution in [2.24, 2.45) is 0 Å². The average molecular weight is 785 g/mol. The van der Waals surface area contributed by atoms with E-state index in [2.05, 4.69) is 199 Å². The number of pyridine rings is 2. The molecule has 0 saturated carbocycles. The van der Waals surface area contributed by atoms with Gasteiger partial charge in [0.1, 0.15) is 5.03 Å². The molecule has 282 valence electrons. The van der Waals surface area contributed by atoms with Crippen molar-refractivity contribution in [3.8, 4) is 39.2 Å². The Morgan fingerprint density at radius 3 is 1.93 bits per heavy atom. The van der Waals surface area contributed by atoms with Gasteiger partial charge >= 0.3 is 0 Å². The zero-order valence-corrected chi connectivity index (χ0v) is 33.6. The Balaban J connectivity index is 1.04. The predicted molar refractivity (Wildman–Crippen MR) is 254 cm³/mol. The fraction of sp³-hybridized carbons (Fsp3) is 0.0182. The molecule has 0 unspecified atom stereocenters. The maximum atomic E-state index is 5.20. The van der Waals surface area contributed by atoms with E-state index in [9.17, 15) is 0 Å². The van der Waals surface area contributed by atoms with Crippen LogP contribution in [0.25, 0.3) is 110 Å². The van der Waals surface area contributed by atoms with Gasteiger partial charge in [-0.3, -0.25) is 4.98 Å². The molecule has 0 N–H and O–H groups in total. The molecule has 5 heterocycles. The highest BCUT2D eigenvalue weighted by molar-refractivity contribution is 7.99. The van der Waals surface area contributed by atoms with E-state index in [0.717, 1.165) is 44.0 Å².